The highest BCUT2D eigenvalue weighted by Crippen LogP contribution is 2.24. The number of benzene rings is 3. The molecule has 0 saturated carbocycles. The van der Waals surface area contributed by atoms with Crippen molar-refractivity contribution >= 4 is 12.0 Å². The van der Waals surface area contributed by atoms with E-state index in [9.17, 15) is 5.11 Å². The van der Waals surface area contributed by atoms with E-state index in [1.54, 1.807) is 30.5 Å². The molecule has 0 unspecified atom stereocenters. The molecule has 0 spiro atoms. The average molecular weight is 366 g/mol. The molecular weight excluding hydrogens is 348 g/mol. The monoisotopic (exact) mass is 366 g/mol. The fourth-order valence-corrected chi connectivity index (χ4v) is 2.71. The van der Waals surface area contributed by atoms with Gasteiger partial charge in [0.2, 0.25) is 0 Å². The third kappa shape index (κ3) is 4.22. The maximum absolute atomic E-state index is 9.36. The maximum atomic E-state index is 9.36. The smallest absolute Gasteiger partial charge is 0.162 e. The van der Waals surface area contributed by atoms with Gasteiger partial charge in [0, 0.05) is 17.2 Å². The largest absolute Gasteiger partial charge is 0.508 e. The summed E-state index contributed by atoms with van der Waals surface area (Å²) in [4.78, 5) is 9.32. The van der Waals surface area contributed by atoms with E-state index in [0.717, 1.165) is 22.4 Å². The van der Waals surface area contributed by atoms with Crippen LogP contribution in [0.1, 0.15) is 5.56 Å². The average Bonchev–Trinajstić information content (AvgIpc) is 2.76. The van der Waals surface area contributed by atoms with Crippen molar-refractivity contribution in [2.24, 2.45) is 5.10 Å². The zero-order valence-corrected chi connectivity index (χ0v) is 15.0. The second-order valence-electron chi connectivity index (χ2n) is 6.16. The Kier molecular flexibility index (Phi) is 5.06. The fourth-order valence-electron chi connectivity index (χ4n) is 2.71. The number of rotatable bonds is 5. The SMILES string of the molecule is Oc1ccc(/C=N/Nc2cc(-c3ccccc3)nc(-c3ccccc3)n2)cc1. The van der Waals surface area contributed by atoms with Crippen LogP contribution in [0.15, 0.2) is 96.1 Å². The highest BCUT2D eigenvalue weighted by Gasteiger charge is 2.08. The third-order valence-electron chi connectivity index (χ3n) is 4.11. The predicted molar refractivity (Wildman–Crippen MR) is 112 cm³/mol. The molecule has 0 aliphatic heterocycles. The van der Waals surface area contributed by atoms with Crippen molar-refractivity contribution < 1.29 is 5.11 Å². The highest BCUT2D eigenvalue weighted by molar-refractivity contribution is 5.80. The van der Waals surface area contributed by atoms with Crippen LogP contribution in [0.4, 0.5) is 5.82 Å². The van der Waals surface area contributed by atoms with Gasteiger partial charge in [0.1, 0.15) is 5.75 Å². The summed E-state index contributed by atoms with van der Waals surface area (Å²) in [5.41, 5.74) is 6.61. The summed E-state index contributed by atoms with van der Waals surface area (Å²) in [6.07, 6.45) is 1.67. The number of hydrogen-bond donors (Lipinski definition) is 2. The summed E-state index contributed by atoms with van der Waals surface area (Å²) in [6.45, 7) is 0. The first-order valence-corrected chi connectivity index (χ1v) is 8.86. The van der Waals surface area contributed by atoms with Crippen LogP contribution in [0.3, 0.4) is 0 Å². The third-order valence-corrected chi connectivity index (χ3v) is 4.11. The van der Waals surface area contributed by atoms with Crippen LogP contribution in [-0.4, -0.2) is 21.3 Å². The zero-order chi connectivity index (χ0) is 19.2. The van der Waals surface area contributed by atoms with Crippen LogP contribution in [0.2, 0.25) is 0 Å². The molecule has 2 N–H and O–H groups in total. The van der Waals surface area contributed by atoms with Gasteiger partial charge in [0.25, 0.3) is 0 Å². The van der Waals surface area contributed by atoms with Crippen molar-refractivity contribution in [3.63, 3.8) is 0 Å². The van der Waals surface area contributed by atoms with Gasteiger partial charge in [-0.3, -0.25) is 5.43 Å². The second kappa shape index (κ2) is 8.14. The molecule has 136 valence electrons. The molecule has 5 heteroatoms. The highest BCUT2D eigenvalue weighted by atomic mass is 16.3. The fraction of sp³-hybridized carbons (Fsp3) is 0. The molecule has 0 atom stereocenters. The van der Waals surface area contributed by atoms with Gasteiger partial charge in [-0.05, 0) is 29.8 Å². The Bertz CT molecular complexity index is 1020. The first-order chi connectivity index (χ1) is 13.8. The summed E-state index contributed by atoms with van der Waals surface area (Å²) < 4.78 is 0. The standard InChI is InChI=1S/C23H18N4O/c28-20-13-11-17(12-14-20)16-24-27-22-15-21(18-7-3-1-4-8-18)25-23(26-22)19-9-5-2-6-10-19/h1-16,28H,(H,25,26,27)/b24-16+. The van der Waals surface area contributed by atoms with Crippen LogP contribution in [0.5, 0.6) is 5.75 Å². The molecule has 0 saturated heterocycles. The van der Waals surface area contributed by atoms with Crippen LogP contribution in [0, 0.1) is 0 Å². The summed E-state index contributed by atoms with van der Waals surface area (Å²) in [7, 11) is 0. The minimum Gasteiger partial charge on any atom is -0.508 e. The number of hydrogen-bond acceptors (Lipinski definition) is 5. The van der Waals surface area contributed by atoms with Gasteiger partial charge in [0.15, 0.2) is 11.6 Å². The van der Waals surface area contributed by atoms with Crippen molar-refractivity contribution in [1.82, 2.24) is 9.97 Å². The lowest BCUT2D eigenvalue weighted by atomic mass is 10.1. The molecule has 1 aromatic heterocycles. The molecule has 28 heavy (non-hydrogen) atoms. The van der Waals surface area contributed by atoms with E-state index in [1.807, 2.05) is 66.7 Å². The molecule has 0 fully saturated rings. The van der Waals surface area contributed by atoms with Crippen LogP contribution < -0.4 is 5.43 Å². The zero-order valence-electron chi connectivity index (χ0n) is 15.0. The van der Waals surface area contributed by atoms with Gasteiger partial charge in [-0.25, -0.2) is 9.97 Å². The van der Waals surface area contributed by atoms with Crippen LogP contribution >= 0.6 is 0 Å². The van der Waals surface area contributed by atoms with E-state index in [0.29, 0.717) is 11.6 Å². The van der Waals surface area contributed by atoms with E-state index in [4.69, 9.17) is 4.98 Å². The number of phenolic OH excluding ortho intramolecular Hbond substituents is 1. The summed E-state index contributed by atoms with van der Waals surface area (Å²) in [6, 6.07) is 28.5. The first kappa shape index (κ1) is 17.4. The van der Waals surface area contributed by atoms with Gasteiger partial charge < -0.3 is 5.11 Å². The molecule has 4 rings (SSSR count). The molecule has 0 aliphatic rings. The van der Waals surface area contributed by atoms with E-state index in [-0.39, 0.29) is 5.75 Å². The lowest BCUT2D eigenvalue weighted by Gasteiger charge is -2.08. The number of hydrazone groups is 1. The molecule has 5 nitrogen and oxygen atoms in total. The van der Waals surface area contributed by atoms with E-state index < -0.39 is 0 Å². The maximum Gasteiger partial charge on any atom is 0.162 e. The molecule has 0 amide bonds. The molecule has 0 bridgehead atoms. The Morgan fingerprint density at radius 1 is 0.750 bits per heavy atom. The van der Waals surface area contributed by atoms with Crippen molar-refractivity contribution in [3.05, 3.63) is 96.6 Å². The molecule has 3 aromatic carbocycles. The van der Waals surface area contributed by atoms with Crippen LogP contribution in [-0.2, 0) is 0 Å². The van der Waals surface area contributed by atoms with E-state index in [2.05, 4.69) is 15.5 Å². The molecule has 4 aromatic rings. The van der Waals surface area contributed by atoms with Crippen molar-refractivity contribution in [1.29, 1.82) is 0 Å². The number of aromatic nitrogens is 2. The number of anilines is 1. The van der Waals surface area contributed by atoms with Crippen molar-refractivity contribution in [2.75, 3.05) is 5.43 Å². The Morgan fingerprint density at radius 2 is 1.39 bits per heavy atom. The Hall–Kier alpha value is -3.99. The summed E-state index contributed by atoms with van der Waals surface area (Å²) >= 11 is 0. The Morgan fingerprint density at radius 3 is 2.07 bits per heavy atom. The van der Waals surface area contributed by atoms with E-state index in [1.165, 1.54) is 0 Å². The normalized spacial score (nSPS) is 10.9. The topological polar surface area (TPSA) is 70.4 Å². The minimum absolute atomic E-state index is 0.223. The van der Waals surface area contributed by atoms with Gasteiger partial charge in [0.05, 0.1) is 11.9 Å². The lowest BCUT2D eigenvalue weighted by molar-refractivity contribution is 0.475. The van der Waals surface area contributed by atoms with Gasteiger partial charge in [-0.15, -0.1) is 0 Å². The molecule has 0 radical (unpaired) electrons. The van der Waals surface area contributed by atoms with E-state index >= 15 is 0 Å². The number of aromatic hydroxyl groups is 1. The first-order valence-electron chi connectivity index (χ1n) is 8.86. The number of nitrogens with zero attached hydrogens (tertiary/aromatic N) is 3. The molecular formula is C23H18N4O. The van der Waals surface area contributed by atoms with Gasteiger partial charge >= 0.3 is 0 Å². The summed E-state index contributed by atoms with van der Waals surface area (Å²) in [5.74, 6) is 1.45. The van der Waals surface area contributed by atoms with Gasteiger partial charge in [-0.2, -0.15) is 5.10 Å². The Labute approximate surface area is 163 Å². The second-order valence-corrected chi connectivity index (χ2v) is 6.16. The summed E-state index contributed by atoms with van der Waals surface area (Å²) in [5, 5.41) is 13.6. The number of phenols is 1. The number of nitrogens with one attached hydrogen (secondary N) is 1. The van der Waals surface area contributed by atoms with Crippen molar-refractivity contribution in [2.45, 2.75) is 0 Å². The predicted octanol–water partition coefficient (Wildman–Crippen LogP) is 4.96. The van der Waals surface area contributed by atoms with Gasteiger partial charge in [-0.1, -0.05) is 60.7 Å². The minimum atomic E-state index is 0.223. The van der Waals surface area contributed by atoms with Crippen molar-refractivity contribution in [3.8, 4) is 28.4 Å². The molecule has 0 aliphatic carbocycles. The lowest BCUT2D eigenvalue weighted by Crippen LogP contribution is -1.99. The van der Waals surface area contributed by atoms with Crippen LogP contribution in [0.25, 0.3) is 22.6 Å². The quantitative estimate of drug-likeness (QED) is 0.387. The molecule has 1 heterocycles. The Balaban J connectivity index is 1.66.